The van der Waals surface area contributed by atoms with Crippen LogP contribution in [0.3, 0.4) is 0 Å². The normalized spacial score (nSPS) is 34.3. The lowest BCUT2D eigenvalue weighted by atomic mass is 9.93. The van der Waals surface area contributed by atoms with E-state index in [0.717, 1.165) is 6.66 Å². The summed E-state index contributed by atoms with van der Waals surface area (Å²) in [6, 6.07) is -0.283. The largest absolute Gasteiger partial charge is 0.382 e. The molecule has 5 atom stereocenters. The van der Waals surface area contributed by atoms with Crippen molar-refractivity contribution in [2.24, 2.45) is 5.90 Å². The van der Waals surface area contributed by atoms with Crippen LogP contribution >= 0.6 is 7.60 Å². The molecular formula is C9H21BNO7P. The summed E-state index contributed by atoms with van der Waals surface area (Å²) in [5, 5.41) is 0. The molecule has 112 valence electrons. The lowest BCUT2D eigenvalue weighted by Crippen LogP contribution is -2.39. The van der Waals surface area contributed by atoms with E-state index in [9.17, 15) is 9.46 Å². The van der Waals surface area contributed by atoms with Gasteiger partial charge in [0, 0.05) is 13.8 Å². The molecule has 1 fully saturated rings. The van der Waals surface area contributed by atoms with Crippen molar-refractivity contribution >= 4 is 15.4 Å². The van der Waals surface area contributed by atoms with Crippen LogP contribution in [0.4, 0.5) is 0 Å². The van der Waals surface area contributed by atoms with Gasteiger partial charge >= 0.3 is 7.60 Å². The van der Waals surface area contributed by atoms with Crippen molar-refractivity contribution < 1.29 is 33.0 Å². The lowest BCUT2D eigenvalue weighted by Gasteiger charge is -2.24. The van der Waals surface area contributed by atoms with Crippen LogP contribution < -0.4 is 5.90 Å². The predicted octanol–water partition coefficient (Wildman–Crippen LogP) is -1.53. The van der Waals surface area contributed by atoms with Crippen LogP contribution in [0.5, 0.6) is 0 Å². The zero-order valence-electron chi connectivity index (χ0n) is 11.4. The summed E-state index contributed by atoms with van der Waals surface area (Å²) in [7, 11) is -0.327. The van der Waals surface area contributed by atoms with Gasteiger partial charge in [0.25, 0.3) is 0 Å². The van der Waals surface area contributed by atoms with Gasteiger partial charge < -0.3 is 23.9 Å². The summed E-state index contributed by atoms with van der Waals surface area (Å²) in [6.45, 7) is 1.84. The number of rotatable bonds is 8. The molecule has 19 heavy (non-hydrogen) atoms. The van der Waals surface area contributed by atoms with E-state index in [-0.39, 0.29) is 25.8 Å². The first-order valence-corrected chi connectivity index (χ1v) is 7.98. The number of ether oxygens (including phenoxy) is 3. The van der Waals surface area contributed by atoms with E-state index in [0.29, 0.717) is 0 Å². The zero-order valence-corrected chi connectivity index (χ0v) is 12.2. The minimum atomic E-state index is -3.65. The molecule has 1 saturated heterocycles. The maximum Gasteiger partial charge on any atom is 0.325 e. The second-order valence-corrected chi connectivity index (χ2v) is 6.23. The zero-order chi connectivity index (χ0) is 14.5. The molecule has 2 unspecified atom stereocenters. The first kappa shape index (κ1) is 17.1. The van der Waals surface area contributed by atoms with E-state index in [1.54, 1.807) is 7.85 Å². The van der Waals surface area contributed by atoms with Crippen LogP contribution in [0.2, 0.25) is 0 Å². The molecule has 1 heterocycles. The average Bonchev–Trinajstić information content (AvgIpc) is 2.56. The first-order chi connectivity index (χ1) is 8.89. The molecule has 0 amide bonds. The Balaban J connectivity index is 2.70. The summed E-state index contributed by atoms with van der Waals surface area (Å²) in [4.78, 5) is 13.8. The van der Waals surface area contributed by atoms with Gasteiger partial charge in [0.2, 0.25) is 0 Å². The van der Waals surface area contributed by atoms with E-state index in [4.69, 9.17) is 24.6 Å². The topological polar surface area (TPSA) is 109 Å². The van der Waals surface area contributed by atoms with Crippen molar-refractivity contribution in [3.63, 3.8) is 0 Å². The Morgan fingerprint density at radius 1 is 1.42 bits per heavy atom. The monoisotopic (exact) mass is 297 g/mol. The Morgan fingerprint density at radius 2 is 2.11 bits per heavy atom. The van der Waals surface area contributed by atoms with Crippen LogP contribution in [0.1, 0.15) is 0 Å². The molecular weight excluding hydrogens is 276 g/mol. The van der Waals surface area contributed by atoms with Crippen molar-refractivity contribution in [3.05, 3.63) is 0 Å². The van der Waals surface area contributed by atoms with Crippen molar-refractivity contribution in [1.29, 1.82) is 0 Å². The molecule has 0 aromatic carbocycles. The molecule has 10 heteroatoms. The Hall–Kier alpha value is 0.0149. The highest BCUT2D eigenvalue weighted by Gasteiger charge is 2.46. The van der Waals surface area contributed by atoms with Crippen molar-refractivity contribution in [3.8, 4) is 0 Å². The highest BCUT2D eigenvalue weighted by Crippen LogP contribution is 2.42. The van der Waals surface area contributed by atoms with Crippen LogP contribution in [-0.2, 0) is 28.1 Å². The van der Waals surface area contributed by atoms with Crippen LogP contribution in [0.15, 0.2) is 0 Å². The van der Waals surface area contributed by atoms with E-state index >= 15 is 0 Å². The van der Waals surface area contributed by atoms with Gasteiger partial charge in [-0.2, -0.15) is 0 Å². The minimum absolute atomic E-state index is 0.216. The molecule has 0 aromatic rings. The molecule has 1 rings (SSSR count). The van der Waals surface area contributed by atoms with Crippen LogP contribution in [0.25, 0.3) is 0 Å². The van der Waals surface area contributed by atoms with Crippen LogP contribution in [-0.4, -0.2) is 70.7 Å². The molecule has 3 N–H and O–H groups in total. The summed E-state index contributed by atoms with van der Waals surface area (Å²) in [6.07, 6.45) is -1.60. The van der Waals surface area contributed by atoms with Gasteiger partial charge in [-0.3, -0.25) is 9.09 Å². The van der Waals surface area contributed by atoms with E-state index in [1.165, 1.54) is 7.11 Å². The number of hydrogen-bond acceptors (Lipinski definition) is 7. The molecule has 0 spiro atoms. The predicted molar refractivity (Wildman–Crippen MR) is 69.6 cm³/mol. The van der Waals surface area contributed by atoms with Gasteiger partial charge in [-0.05, 0) is 0 Å². The third-order valence-electron chi connectivity index (χ3n) is 2.70. The molecule has 0 aliphatic carbocycles. The number of hydrogen-bond donors (Lipinski definition) is 2. The van der Waals surface area contributed by atoms with Crippen molar-refractivity contribution in [2.45, 2.75) is 24.3 Å². The summed E-state index contributed by atoms with van der Waals surface area (Å²) in [5.41, 5.74) is 0. The second kappa shape index (κ2) is 7.71. The Labute approximate surface area is 113 Å². The summed E-state index contributed by atoms with van der Waals surface area (Å²) < 4.78 is 32.8. The van der Waals surface area contributed by atoms with Gasteiger partial charge in [0.15, 0.2) is 0 Å². The van der Waals surface area contributed by atoms with Gasteiger partial charge in [0.05, 0.1) is 25.8 Å². The van der Waals surface area contributed by atoms with E-state index in [1.807, 2.05) is 0 Å². The highest BCUT2D eigenvalue weighted by atomic mass is 31.2. The fraction of sp³-hybridized carbons (Fsp3) is 1.00. The summed E-state index contributed by atoms with van der Waals surface area (Å²) in [5.74, 6) is 4.91. The smallest absolute Gasteiger partial charge is 0.325 e. The standard InChI is InChI=1S/C9H21BNO7P/c1-14-5-6-7(18-19(2,12)13)8(9(10)17-6)15-3-4-16-11/h6-9H,3-5,10-11H2,1-2H3,(H,12,13)/t6-,7+,8?,9-/m1/s1. The van der Waals surface area contributed by atoms with Crippen molar-refractivity contribution in [2.75, 3.05) is 33.6 Å². The maximum absolute atomic E-state index is 11.4. The average molecular weight is 297 g/mol. The Morgan fingerprint density at radius 3 is 2.63 bits per heavy atom. The lowest BCUT2D eigenvalue weighted by molar-refractivity contribution is -0.0414. The van der Waals surface area contributed by atoms with E-state index < -0.39 is 25.9 Å². The Kier molecular flexibility index (Phi) is 6.92. The molecule has 1 aliphatic heterocycles. The molecule has 8 nitrogen and oxygen atoms in total. The Bertz CT molecular complexity index is 315. The molecule has 0 radical (unpaired) electrons. The van der Waals surface area contributed by atoms with Gasteiger partial charge in [0.1, 0.15) is 26.2 Å². The van der Waals surface area contributed by atoms with Gasteiger partial charge in [-0.25, -0.2) is 5.90 Å². The van der Waals surface area contributed by atoms with Gasteiger partial charge in [-0.15, -0.1) is 0 Å². The van der Waals surface area contributed by atoms with Crippen LogP contribution in [0, 0.1) is 0 Å². The minimum Gasteiger partial charge on any atom is -0.382 e. The highest BCUT2D eigenvalue weighted by molar-refractivity contribution is 7.51. The van der Waals surface area contributed by atoms with E-state index in [2.05, 4.69) is 4.84 Å². The first-order valence-electron chi connectivity index (χ1n) is 5.95. The molecule has 0 saturated carbocycles. The fourth-order valence-corrected chi connectivity index (χ4v) is 2.73. The van der Waals surface area contributed by atoms with Gasteiger partial charge in [-0.1, -0.05) is 0 Å². The molecule has 0 aromatic heterocycles. The third kappa shape index (κ3) is 5.49. The van der Waals surface area contributed by atoms with Crippen molar-refractivity contribution in [1.82, 2.24) is 0 Å². The SMILES string of the molecule is B[C@@H]1O[C@H](COC)[C@H](OP(C)(=O)O)C1OCCON. The number of methoxy groups -OCH3 is 1. The molecule has 0 bridgehead atoms. The summed E-state index contributed by atoms with van der Waals surface area (Å²) >= 11 is 0. The quantitative estimate of drug-likeness (QED) is 0.240. The third-order valence-corrected chi connectivity index (χ3v) is 3.34. The number of nitrogens with two attached hydrogens (primary N) is 1. The fourth-order valence-electron chi connectivity index (χ4n) is 2.02. The second-order valence-electron chi connectivity index (χ2n) is 4.41. The maximum atomic E-state index is 11.4. The molecule has 1 aliphatic rings.